The number of likely N-dealkylation sites (N-methyl/N-ethyl adjacent to an activating group) is 1. The van der Waals surface area contributed by atoms with Gasteiger partial charge in [0.1, 0.15) is 5.54 Å². The topological polar surface area (TPSA) is 64.3 Å². The van der Waals surface area contributed by atoms with Gasteiger partial charge in [0.15, 0.2) is 0 Å². The van der Waals surface area contributed by atoms with Crippen molar-refractivity contribution in [2.24, 2.45) is 11.7 Å². The first-order chi connectivity index (χ1) is 8.54. The van der Waals surface area contributed by atoms with Gasteiger partial charge in [0.2, 0.25) is 5.91 Å². The molecule has 3 atom stereocenters. The minimum atomic E-state index is -0.534. The minimum absolute atomic E-state index is 0.177. The summed E-state index contributed by atoms with van der Waals surface area (Å²) in [7, 11) is 0. The first kappa shape index (κ1) is 15.4. The molecule has 18 heavy (non-hydrogen) atoms. The summed E-state index contributed by atoms with van der Waals surface area (Å²) in [6.45, 7) is 7.96. The maximum absolute atomic E-state index is 11.6. The lowest BCUT2D eigenvalue weighted by Gasteiger charge is -2.26. The number of carbonyl (C=O) groups excluding carboxylic acids is 1. The number of carbonyl (C=O) groups is 1. The Balaban J connectivity index is 2.41. The van der Waals surface area contributed by atoms with Crippen molar-refractivity contribution < 1.29 is 9.53 Å². The van der Waals surface area contributed by atoms with E-state index in [1.54, 1.807) is 0 Å². The molecule has 0 aromatic heterocycles. The zero-order chi connectivity index (χ0) is 13.6. The van der Waals surface area contributed by atoms with E-state index < -0.39 is 5.54 Å². The van der Waals surface area contributed by atoms with Crippen LogP contribution in [0.5, 0.6) is 0 Å². The van der Waals surface area contributed by atoms with Crippen LogP contribution >= 0.6 is 0 Å². The van der Waals surface area contributed by atoms with E-state index in [-0.39, 0.29) is 12.0 Å². The van der Waals surface area contributed by atoms with Crippen molar-refractivity contribution in [2.45, 2.75) is 64.5 Å². The van der Waals surface area contributed by atoms with E-state index in [0.29, 0.717) is 5.92 Å². The van der Waals surface area contributed by atoms with Gasteiger partial charge in [0.25, 0.3) is 0 Å². The van der Waals surface area contributed by atoms with E-state index >= 15 is 0 Å². The lowest BCUT2D eigenvalue weighted by Crippen LogP contribution is -2.53. The number of ether oxygens (including phenoxy) is 1. The molecule has 0 aromatic carbocycles. The minimum Gasteiger partial charge on any atom is -0.378 e. The molecule has 1 saturated carbocycles. The predicted octanol–water partition coefficient (Wildman–Crippen LogP) is 1.83. The van der Waals surface area contributed by atoms with E-state index in [0.717, 1.165) is 32.4 Å². The summed E-state index contributed by atoms with van der Waals surface area (Å²) in [5.41, 5.74) is 4.99. The summed E-state index contributed by atoms with van der Waals surface area (Å²) in [6.07, 6.45) is 5.00. The number of rotatable bonds is 8. The summed E-state index contributed by atoms with van der Waals surface area (Å²) in [6, 6.07) is 0. The highest BCUT2D eigenvalue weighted by molar-refractivity contribution is 5.85. The van der Waals surface area contributed by atoms with Gasteiger partial charge in [-0.05, 0) is 31.7 Å². The normalized spacial score (nSPS) is 29.4. The Hall–Kier alpha value is -0.610. The highest BCUT2D eigenvalue weighted by atomic mass is 16.5. The first-order valence-electron chi connectivity index (χ1n) is 7.20. The van der Waals surface area contributed by atoms with Gasteiger partial charge < -0.3 is 15.8 Å². The molecule has 1 rings (SSSR count). The van der Waals surface area contributed by atoms with Crippen molar-refractivity contribution in [1.82, 2.24) is 5.32 Å². The molecule has 1 aliphatic rings. The average Bonchev–Trinajstić information content (AvgIpc) is 2.72. The SMILES string of the molecule is CCCC(C)COC1CCC(NCC)(C(N)=O)C1. The maximum Gasteiger partial charge on any atom is 0.237 e. The van der Waals surface area contributed by atoms with Crippen molar-refractivity contribution in [3.63, 3.8) is 0 Å². The molecule has 106 valence electrons. The molecule has 0 aliphatic heterocycles. The molecule has 0 radical (unpaired) electrons. The van der Waals surface area contributed by atoms with Gasteiger partial charge in [0, 0.05) is 13.0 Å². The highest BCUT2D eigenvalue weighted by Gasteiger charge is 2.43. The number of nitrogens with one attached hydrogen (secondary N) is 1. The molecule has 3 unspecified atom stereocenters. The number of amides is 1. The summed E-state index contributed by atoms with van der Waals surface area (Å²) in [5.74, 6) is 0.356. The molecule has 1 amide bonds. The Labute approximate surface area is 111 Å². The van der Waals surface area contributed by atoms with E-state index in [2.05, 4.69) is 19.2 Å². The lowest BCUT2D eigenvalue weighted by atomic mass is 9.96. The average molecular weight is 256 g/mol. The zero-order valence-corrected chi connectivity index (χ0v) is 12.0. The largest absolute Gasteiger partial charge is 0.378 e. The van der Waals surface area contributed by atoms with Crippen LogP contribution in [0.15, 0.2) is 0 Å². The number of primary amides is 1. The van der Waals surface area contributed by atoms with Crippen LogP contribution in [0.1, 0.15) is 52.9 Å². The van der Waals surface area contributed by atoms with Gasteiger partial charge in [-0.25, -0.2) is 0 Å². The third-order valence-electron chi connectivity index (χ3n) is 3.85. The number of nitrogens with two attached hydrogens (primary N) is 1. The van der Waals surface area contributed by atoms with Crippen LogP contribution in [0.2, 0.25) is 0 Å². The van der Waals surface area contributed by atoms with Gasteiger partial charge in [0.05, 0.1) is 6.10 Å². The Kier molecular flexibility index (Phi) is 6.09. The van der Waals surface area contributed by atoms with Gasteiger partial charge in [-0.2, -0.15) is 0 Å². The molecule has 0 bridgehead atoms. The van der Waals surface area contributed by atoms with Crippen LogP contribution in [0.25, 0.3) is 0 Å². The first-order valence-corrected chi connectivity index (χ1v) is 7.20. The molecular formula is C14H28N2O2. The predicted molar refractivity (Wildman–Crippen MR) is 73.3 cm³/mol. The van der Waals surface area contributed by atoms with E-state index in [1.165, 1.54) is 12.8 Å². The molecule has 0 aromatic rings. The van der Waals surface area contributed by atoms with Gasteiger partial charge in [-0.15, -0.1) is 0 Å². The molecule has 0 saturated heterocycles. The third-order valence-corrected chi connectivity index (χ3v) is 3.85. The Morgan fingerprint density at radius 3 is 2.83 bits per heavy atom. The van der Waals surface area contributed by atoms with Gasteiger partial charge >= 0.3 is 0 Å². The zero-order valence-electron chi connectivity index (χ0n) is 12.0. The number of hydrogen-bond donors (Lipinski definition) is 2. The lowest BCUT2D eigenvalue weighted by molar-refractivity contribution is -0.124. The van der Waals surface area contributed by atoms with Gasteiger partial charge in [-0.3, -0.25) is 4.79 Å². The van der Waals surface area contributed by atoms with Crippen LogP contribution in [0.3, 0.4) is 0 Å². The van der Waals surface area contributed by atoms with Crippen LogP contribution in [0.4, 0.5) is 0 Å². The quantitative estimate of drug-likeness (QED) is 0.696. The molecular weight excluding hydrogens is 228 g/mol. The van der Waals surface area contributed by atoms with E-state index in [1.807, 2.05) is 6.92 Å². The van der Waals surface area contributed by atoms with Crippen LogP contribution < -0.4 is 11.1 Å². The second-order valence-electron chi connectivity index (χ2n) is 5.57. The maximum atomic E-state index is 11.6. The fourth-order valence-electron chi connectivity index (χ4n) is 2.83. The standard InChI is InChI=1S/C14H28N2O2/c1-4-6-11(3)10-18-12-7-8-14(9-12,13(15)17)16-5-2/h11-12,16H,4-10H2,1-3H3,(H2,15,17). The summed E-state index contributed by atoms with van der Waals surface area (Å²) >= 11 is 0. The monoisotopic (exact) mass is 256 g/mol. The van der Waals surface area contributed by atoms with Crippen molar-refractivity contribution >= 4 is 5.91 Å². The van der Waals surface area contributed by atoms with Crippen molar-refractivity contribution in [2.75, 3.05) is 13.2 Å². The molecule has 3 N–H and O–H groups in total. The Bertz CT molecular complexity index is 271. The fourth-order valence-corrected chi connectivity index (χ4v) is 2.83. The van der Waals surface area contributed by atoms with Crippen LogP contribution in [-0.4, -0.2) is 30.7 Å². The third kappa shape index (κ3) is 3.95. The molecule has 4 nitrogen and oxygen atoms in total. The second kappa shape index (κ2) is 7.10. The fraction of sp³-hybridized carbons (Fsp3) is 0.929. The van der Waals surface area contributed by atoms with Crippen molar-refractivity contribution in [1.29, 1.82) is 0 Å². The molecule has 0 heterocycles. The van der Waals surface area contributed by atoms with Crippen molar-refractivity contribution in [3.05, 3.63) is 0 Å². The Morgan fingerprint density at radius 1 is 1.56 bits per heavy atom. The van der Waals surface area contributed by atoms with Crippen LogP contribution in [0, 0.1) is 5.92 Å². The highest BCUT2D eigenvalue weighted by Crippen LogP contribution is 2.32. The van der Waals surface area contributed by atoms with Crippen LogP contribution in [-0.2, 0) is 9.53 Å². The summed E-state index contributed by atoms with van der Waals surface area (Å²) in [4.78, 5) is 11.6. The van der Waals surface area contributed by atoms with Gasteiger partial charge in [-0.1, -0.05) is 27.2 Å². The number of hydrogen-bond acceptors (Lipinski definition) is 3. The molecule has 1 fully saturated rings. The molecule has 4 heteroatoms. The molecule has 1 aliphatic carbocycles. The van der Waals surface area contributed by atoms with E-state index in [9.17, 15) is 4.79 Å². The van der Waals surface area contributed by atoms with E-state index in [4.69, 9.17) is 10.5 Å². The smallest absolute Gasteiger partial charge is 0.237 e. The van der Waals surface area contributed by atoms with Crippen molar-refractivity contribution in [3.8, 4) is 0 Å². The molecule has 0 spiro atoms. The summed E-state index contributed by atoms with van der Waals surface area (Å²) < 4.78 is 5.92. The Morgan fingerprint density at radius 2 is 2.28 bits per heavy atom. The summed E-state index contributed by atoms with van der Waals surface area (Å²) in [5, 5.41) is 3.25. The second-order valence-corrected chi connectivity index (χ2v) is 5.57.